The lowest BCUT2D eigenvalue weighted by atomic mass is 9.89. The van der Waals surface area contributed by atoms with Gasteiger partial charge in [0.25, 0.3) is 0 Å². The summed E-state index contributed by atoms with van der Waals surface area (Å²) in [4.78, 5) is 13.6. The lowest BCUT2D eigenvalue weighted by Crippen LogP contribution is -2.68. The molecule has 7 rings (SSSR count). The Bertz CT molecular complexity index is 1550. The lowest BCUT2D eigenvalue weighted by Gasteiger charge is -2.53. The van der Waals surface area contributed by atoms with Gasteiger partial charge in [-0.15, -0.1) is 49.6 Å². The third-order valence-corrected chi connectivity index (χ3v) is 8.02. The van der Waals surface area contributed by atoms with Crippen molar-refractivity contribution in [3.8, 4) is 34.6 Å². The highest BCUT2D eigenvalue weighted by atomic mass is 35.5. The molecule has 2 bridgehead atoms. The van der Waals surface area contributed by atoms with Crippen LogP contribution >= 0.6 is 49.6 Å². The molecule has 44 heavy (non-hydrogen) atoms. The second-order valence-corrected chi connectivity index (χ2v) is 10.4. The number of nitrogens with zero attached hydrogens (tertiary/aromatic N) is 7. The number of hydrogen-bond acceptors (Lipinski definition) is 10. The Labute approximate surface area is 280 Å². The summed E-state index contributed by atoms with van der Waals surface area (Å²) in [5.74, 6) is 2.88. The molecule has 3 saturated heterocycles. The molecule has 0 amide bonds. The Balaban J connectivity index is 0.00000132. The van der Waals surface area contributed by atoms with Gasteiger partial charge in [-0.25, -0.2) is 14.5 Å². The minimum Gasteiger partial charge on any atom is -0.491 e. The summed E-state index contributed by atoms with van der Waals surface area (Å²) in [5, 5.41) is 17.6. The number of piperidine rings is 1. The summed E-state index contributed by atoms with van der Waals surface area (Å²) < 4.78 is 19.0. The number of nitriles is 1. The number of aromatic nitrogens is 4. The van der Waals surface area contributed by atoms with Gasteiger partial charge in [0.2, 0.25) is 5.88 Å². The van der Waals surface area contributed by atoms with Gasteiger partial charge in [-0.3, -0.25) is 4.90 Å². The van der Waals surface area contributed by atoms with Crippen LogP contribution in [0.2, 0.25) is 0 Å². The zero-order chi connectivity index (χ0) is 27.1. The molecule has 0 aromatic carbocycles. The monoisotopic (exact) mass is 682 g/mol. The normalized spacial score (nSPS) is 18.6. The summed E-state index contributed by atoms with van der Waals surface area (Å²) in [7, 11) is 1.59. The van der Waals surface area contributed by atoms with Crippen LogP contribution in [0.3, 0.4) is 0 Å². The van der Waals surface area contributed by atoms with Crippen molar-refractivity contribution in [1.82, 2.24) is 29.8 Å². The van der Waals surface area contributed by atoms with Crippen LogP contribution in [-0.2, 0) is 0 Å². The fourth-order valence-corrected chi connectivity index (χ4v) is 5.86. The van der Waals surface area contributed by atoms with Crippen LogP contribution in [-0.4, -0.2) is 89.1 Å². The van der Waals surface area contributed by atoms with Crippen LogP contribution in [0.5, 0.6) is 17.4 Å². The number of hydrogen-bond donors (Lipinski definition) is 1. The first-order valence-electron chi connectivity index (χ1n) is 13.6. The molecule has 1 N–H and O–H groups in total. The molecule has 0 radical (unpaired) electrons. The van der Waals surface area contributed by atoms with Crippen molar-refractivity contribution >= 4 is 61.0 Å². The predicted octanol–water partition coefficient (Wildman–Crippen LogP) is 4.05. The van der Waals surface area contributed by atoms with E-state index in [1.165, 1.54) is 6.42 Å². The molecule has 236 valence electrons. The number of anilines is 1. The second kappa shape index (κ2) is 15.2. The predicted molar refractivity (Wildman–Crippen MR) is 177 cm³/mol. The van der Waals surface area contributed by atoms with Crippen molar-refractivity contribution in [2.75, 3.05) is 51.3 Å². The first-order valence-corrected chi connectivity index (χ1v) is 13.6. The van der Waals surface area contributed by atoms with Crippen LogP contribution in [0.15, 0.2) is 55.1 Å². The van der Waals surface area contributed by atoms with E-state index >= 15 is 0 Å². The van der Waals surface area contributed by atoms with Gasteiger partial charge in [0.05, 0.1) is 49.9 Å². The Kier molecular flexibility index (Phi) is 12.1. The van der Waals surface area contributed by atoms with E-state index < -0.39 is 0 Å². The molecule has 0 spiro atoms. The average molecular weight is 684 g/mol. The molecule has 3 aliphatic heterocycles. The van der Waals surface area contributed by atoms with E-state index in [0.717, 1.165) is 66.7 Å². The minimum absolute atomic E-state index is 0. The SMILES string of the molecule is COc1ccc(OC2CN(c3ccc(-c4cc(OCCN5C6CNCC5C6)cn5ncc(C#N)c45)cn3)C2)cn1.Cl.Cl.Cl.Cl. The largest absolute Gasteiger partial charge is 0.491 e. The number of halogens is 4. The van der Waals surface area contributed by atoms with Crippen molar-refractivity contribution in [2.45, 2.75) is 24.6 Å². The van der Waals surface area contributed by atoms with Crippen molar-refractivity contribution in [3.63, 3.8) is 0 Å². The maximum atomic E-state index is 9.70. The summed E-state index contributed by atoms with van der Waals surface area (Å²) in [6.45, 7) is 5.10. The molecule has 3 aliphatic rings. The third-order valence-electron chi connectivity index (χ3n) is 8.02. The Hall–Kier alpha value is -3.24. The number of nitrogens with one attached hydrogen (secondary N) is 1. The van der Waals surface area contributed by atoms with Crippen LogP contribution in [0.25, 0.3) is 16.6 Å². The third kappa shape index (κ3) is 6.86. The van der Waals surface area contributed by atoms with Gasteiger partial charge in [-0.1, -0.05) is 0 Å². The van der Waals surface area contributed by atoms with Gasteiger partial charge < -0.3 is 24.4 Å². The molecule has 11 nitrogen and oxygen atoms in total. The number of fused-ring (bicyclic) bond motifs is 3. The fourth-order valence-electron chi connectivity index (χ4n) is 5.86. The quantitative estimate of drug-likeness (QED) is 0.277. The molecule has 0 saturated carbocycles. The van der Waals surface area contributed by atoms with E-state index in [4.69, 9.17) is 19.2 Å². The van der Waals surface area contributed by atoms with E-state index in [0.29, 0.717) is 30.1 Å². The Morgan fingerprint density at radius 2 is 1.77 bits per heavy atom. The van der Waals surface area contributed by atoms with E-state index in [9.17, 15) is 5.26 Å². The molecule has 2 unspecified atom stereocenters. The van der Waals surface area contributed by atoms with Gasteiger partial charge in [0, 0.05) is 55.1 Å². The molecule has 4 aromatic heterocycles. The molecule has 3 fully saturated rings. The number of rotatable bonds is 9. The second-order valence-electron chi connectivity index (χ2n) is 10.4. The lowest BCUT2D eigenvalue weighted by molar-refractivity contribution is -0.0212. The van der Waals surface area contributed by atoms with Crippen molar-refractivity contribution < 1.29 is 14.2 Å². The van der Waals surface area contributed by atoms with Crippen molar-refractivity contribution in [1.29, 1.82) is 5.26 Å². The highest BCUT2D eigenvalue weighted by Crippen LogP contribution is 2.33. The van der Waals surface area contributed by atoms with Gasteiger partial charge >= 0.3 is 0 Å². The Morgan fingerprint density at radius 1 is 0.977 bits per heavy atom. The highest BCUT2D eigenvalue weighted by molar-refractivity contribution is 5.86. The summed E-state index contributed by atoms with van der Waals surface area (Å²) in [6, 6.07) is 13.2. The molecule has 0 aliphatic carbocycles. The maximum Gasteiger partial charge on any atom is 0.213 e. The smallest absolute Gasteiger partial charge is 0.213 e. The van der Waals surface area contributed by atoms with Gasteiger partial charge in [-0.05, 0) is 30.7 Å². The molecule has 4 aromatic rings. The summed E-state index contributed by atoms with van der Waals surface area (Å²) in [6.07, 6.45) is 8.31. The van der Waals surface area contributed by atoms with E-state index in [2.05, 4.69) is 31.3 Å². The minimum atomic E-state index is 0. The maximum absolute atomic E-state index is 9.70. The van der Waals surface area contributed by atoms with E-state index in [-0.39, 0.29) is 55.7 Å². The summed E-state index contributed by atoms with van der Waals surface area (Å²) >= 11 is 0. The van der Waals surface area contributed by atoms with Crippen molar-refractivity contribution in [3.05, 3.63) is 60.7 Å². The van der Waals surface area contributed by atoms with Gasteiger partial charge in [0.15, 0.2) is 0 Å². The zero-order valence-corrected chi connectivity index (χ0v) is 27.1. The number of ether oxygens (including phenoxy) is 3. The highest BCUT2D eigenvalue weighted by Gasteiger charge is 2.40. The first kappa shape index (κ1) is 35.2. The molecule has 2 atom stereocenters. The average Bonchev–Trinajstić information content (AvgIpc) is 3.40. The van der Waals surface area contributed by atoms with Crippen LogP contribution < -0.4 is 24.4 Å². The summed E-state index contributed by atoms with van der Waals surface area (Å²) in [5.41, 5.74) is 3.03. The van der Waals surface area contributed by atoms with Crippen molar-refractivity contribution in [2.24, 2.45) is 0 Å². The molecule has 7 heterocycles. The first-order chi connectivity index (χ1) is 19.7. The van der Waals surface area contributed by atoms with E-state index in [1.807, 2.05) is 36.7 Å². The zero-order valence-electron chi connectivity index (χ0n) is 23.9. The molecule has 15 heteroatoms. The molecular weight excluding hydrogens is 650 g/mol. The van der Waals surface area contributed by atoms with Crippen LogP contribution in [0.1, 0.15) is 12.0 Å². The fraction of sp³-hybridized carbons (Fsp3) is 0.379. The van der Waals surface area contributed by atoms with Crippen LogP contribution in [0, 0.1) is 11.3 Å². The molecular formula is C29H34Cl4N8O3. The van der Waals surface area contributed by atoms with Gasteiger partial charge in [0.1, 0.15) is 36.1 Å². The Morgan fingerprint density at radius 3 is 2.41 bits per heavy atom. The van der Waals surface area contributed by atoms with Crippen LogP contribution in [0.4, 0.5) is 5.82 Å². The van der Waals surface area contributed by atoms with Gasteiger partial charge in [-0.2, -0.15) is 10.4 Å². The standard InChI is InChI=1S/C29H30N8O3.4ClH/c1-38-28-5-3-23(15-33-28)40-25-16-35(17-25)27-4-2-19(11-32-27)26-9-24(18-37-29(26)20(10-30)12-34-37)39-7-6-36-21-8-22(36)14-31-13-21;;;;/h2-5,9,11-12,15,18,21-22,25,31H,6-8,13-14,16-17H2,1H3;4*1H. The van der Waals surface area contributed by atoms with E-state index in [1.54, 1.807) is 30.1 Å². The number of pyridine rings is 3. The number of piperazine rings is 1. The topological polar surface area (TPSA) is 113 Å². The number of methoxy groups -OCH3 is 1.